The number of carbonyl (C=O) groups is 1. The summed E-state index contributed by atoms with van der Waals surface area (Å²) in [6.07, 6.45) is -4.71. The number of aromatic nitrogens is 5. The highest BCUT2D eigenvalue weighted by atomic mass is 32.1. The van der Waals surface area contributed by atoms with Gasteiger partial charge < -0.3 is 0 Å². The second-order valence-corrected chi connectivity index (χ2v) is 8.78. The number of nitrogens with zero attached hydrogens (tertiary/aromatic N) is 6. The zero-order valence-corrected chi connectivity index (χ0v) is 18.3. The Bertz CT molecular complexity index is 1340. The van der Waals surface area contributed by atoms with Crippen molar-refractivity contribution in [3.8, 4) is 10.6 Å². The number of pyridine rings is 1. The molecule has 0 radical (unpaired) electrons. The van der Waals surface area contributed by atoms with Crippen molar-refractivity contribution in [3.63, 3.8) is 0 Å². The number of thiophene rings is 1. The van der Waals surface area contributed by atoms with Crippen LogP contribution in [0.4, 0.5) is 19.0 Å². The van der Waals surface area contributed by atoms with Crippen LogP contribution in [-0.2, 0) is 7.05 Å². The lowest BCUT2D eigenvalue weighted by Crippen LogP contribution is -2.43. The third kappa shape index (κ3) is 3.19. The van der Waals surface area contributed by atoms with Crippen LogP contribution in [0.5, 0.6) is 0 Å². The molecule has 0 aromatic carbocycles. The van der Waals surface area contributed by atoms with Crippen molar-refractivity contribution in [2.75, 3.05) is 11.4 Å². The van der Waals surface area contributed by atoms with Crippen molar-refractivity contribution in [3.05, 3.63) is 46.6 Å². The first-order valence-corrected chi connectivity index (χ1v) is 10.9. The molecule has 5 heterocycles. The van der Waals surface area contributed by atoms with Crippen molar-refractivity contribution in [2.24, 2.45) is 7.05 Å². The van der Waals surface area contributed by atoms with E-state index in [1.54, 1.807) is 31.6 Å². The molecular weight excluding hydrogens is 441 g/mol. The lowest BCUT2D eigenvalue weighted by atomic mass is 10.1. The first kappa shape index (κ1) is 20.7. The van der Waals surface area contributed by atoms with E-state index in [0.717, 1.165) is 9.56 Å². The summed E-state index contributed by atoms with van der Waals surface area (Å²) in [6, 6.07) is 5.27. The van der Waals surface area contributed by atoms with Gasteiger partial charge in [0, 0.05) is 19.7 Å². The van der Waals surface area contributed by atoms with Gasteiger partial charge in [0.25, 0.3) is 5.91 Å². The summed E-state index contributed by atoms with van der Waals surface area (Å²) in [4.78, 5) is 20.7. The quantitative estimate of drug-likeness (QED) is 0.436. The number of anilines is 1. The maximum absolute atomic E-state index is 13.8. The number of amides is 1. The molecule has 4 aromatic rings. The topological polar surface area (TPSA) is 68.8 Å². The Kier molecular flexibility index (Phi) is 4.63. The van der Waals surface area contributed by atoms with E-state index in [-0.39, 0.29) is 18.8 Å². The zero-order valence-electron chi connectivity index (χ0n) is 17.5. The maximum atomic E-state index is 13.8. The average molecular weight is 460 g/mol. The summed E-state index contributed by atoms with van der Waals surface area (Å²) in [6.45, 7) is 3.34. The van der Waals surface area contributed by atoms with E-state index in [1.807, 2.05) is 17.5 Å². The SMILES string of the molecule is Cc1cc2n(n1)C(C(F)(F)F)CCN2C(=O)c1cc(-c2cccs2)nc2c1c(C)nn2C. The number of aryl methyl sites for hydroxylation is 3. The Hall–Kier alpha value is -3.21. The van der Waals surface area contributed by atoms with Gasteiger partial charge in [0.1, 0.15) is 5.82 Å². The van der Waals surface area contributed by atoms with Crippen molar-refractivity contribution in [1.82, 2.24) is 24.5 Å². The monoisotopic (exact) mass is 460 g/mol. The molecule has 0 fully saturated rings. The lowest BCUT2D eigenvalue weighted by Gasteiger charge is -2.34. The summed E-state index contributed by atoms with van der Waals surface area (Å²) in [5, 5.41) is 11.0. The number of fused-ring (bicyclic) bond motifs is 2. The Morgan fingerprint density at radius 3 is 2.69 bits per heavy atom. The predicted octanol–water partition coefficient (Wildman–Crippen LogP) is 4.66. The second kappa shape index (κ2) is 7.16. The molecule has 1 atom stereocenters. The third-order valence-corrected chi connectivity index (χ3v) is 6.52. The number of alkyl halides is 3. The molecule has 1 aliphatic heterocycles. The van der Waals surface area contributed by atoms with Crippen molar-refractivity contribution in [2.45, 2.75) is 32.5 Å². The summed E-state index contributed by atoms with van der Waals surface area (Å²) >= 11 is 1.49. The van der Waals surface area contributed by atoms with Crippen LogP contribution in [0, 0.1) is 13.8 Å². The smallest absolute Gasteiger partial charge is 0.293 e. The summed E-state index contributed by atoms with van der Waals surface area (Å²) in [5.74, 6) is -0.252. The van der Waals surface area contributed by atoms with E-state index >= 15 is 0 Å². The highest BCUT2D eigenvalue weighted by molar-refractivity contribution is 7.13. The molecular formula is C21H19F3N6OS. The van der Waals surface area contributed by atoms with E-state index in [0.29, 0.717) is 33.7 Å². The van der Waals surface area contributed by atoms with E-state index in [4.69, 9.17) is 4.98 Å². The molecule has 0 saturated heterocycles. The van der Waals surface area contributed by atoms with Gasteiger partial charge in [0.2, 0.25) is 0 Å². The van der Waals surface area contributed by atoms with Crippen LogP contribution in [0.25, 0.3) is 21.6 Å². The van der Waals surface area contributed by atoms with Crippen LogP contribution >= 0.6 is 11.3 Å². The van der Waals surface area contributed by atoms with Crippen LogP contribution in [-0.4, -0.2) is 43.2 Å². The highest BCUT2D eigenvalue weighted by Gasteiger charge is 2.46. The van der Waals surface area contributed by atoms with E-state index in [1.165, 1.54) is 22.3 Å². The largest absolute Gasteiger partial charge is 0.410 e. The Labute approximate surface area is 185 Å². The summed E-state index contributed by atoms with van der Waals surface area (Å²) in [7, 11) is 1.75. The van der Waals surface area contributed by atoms with Crippen LogP contribution < -0.4 is 4.90 Å². The molecule has 0 saturated carbocycles. The van der Waals surface area contributed by atoms with Gasteiger partial charge in [-0.3, -0.25) is 14.4 Å². The van der Waals surface area contributed by atoms with Crippen LogP contribution in [0.2, 0.25) is 0 Å². The minimum atomic E-state index is -4.45. The molecule has 4 aromatic heterocycles. The second-order valence-electron chi connectivity index (χ2n) is 7.83. The van der Waals surface area contributed by atoms with E-state index in [2.05, 4.69) is 10.2 Å². The average Bonchev–Trinajstić information content (AvgIpc) is 3.45. The standard InChI is InChI=1S/C21H19F3N6OS/c1-11-9-17-29(7-6-16(21(22,23)24)30(17)26-11)20(31)13-10-14(15-5-4-8-32-15)25-19-18(13)12(2)27-28(19)3/h4-5,8-10,16H,6-7H2,1-3H3. The molecule has 1 aliphatic rings. The first-order valence-electron chi connectivity index (χ1n) is 9.98. The molecule has 0 aliphatic carbocycles. The predicted molar refractivity (Wildman–Crippen MR) is 115 cm³/mol. The van der Waals surface area contributed by atoms with E-state index in [9.17, 15) is 18.0 Å². The molecule has 7 nitrogen and oxygen atoms in total. The molecule has 1 unspecified atom stereocenters. The van der Waals surface area contributed by atoms with Crippen LogP contribution in [0.15, 0.2) is 29.6 Å². The first-order chi connectivity index (χ1) is 15.1. The molecule has 166 valence electrons. The van der Waals surface area contributed by atoms with Gasteiger partial charge in [-0.15, -0.1) is 11.3 Å². The maximum Gasteiger partial charge on any atom is 0.410 e. The fourth-order valence-electron chi connectivity index (χ4n) is 4.24. The number of rotatable bonds is 2. The molecule has 1 amide bonds. The zero-order chi connectivity index (χ0) is 22.8. The van der Waals surface area contributed by atoms with E-state index < -0.39 is 18.1 Å². The van der Waals surface area contributed by atoms with Gasteiger partial charge in [-0.1, -0.05) is 6.07 Å². The van der Waals surface area contributed by atoms with Gasteiger partial charge in [-0.05, 0) is 37.8 Å². The molecule has 0 N–H and O–H groups in total. The van der Waals surface area contributed by atoms with Gasteiger partial charge in [-0.2, -0.15) is 23.4 Å². The molecule has 5 rings (SSSR count). The number of hydrogen-bond acceptors (Lipinski definition) is 5. The number of carbonyl (C=O) groups excluding carboxylic acids is 1. The minimum Gasteiger partial charge on any atom is -0.293 e. The van der Waals surface area contributed by atoms with Crippen LogP contribution in [0.3, 0.4) is 0 Å². The van der Waals surface area contributed by atoms with Gasteiger partial charge in [0.05, 0.1) is 32.9 Å². The van der Waals surface area contributed by atoms with Crippen LogP contribution in [0.1, 0.15) is 34.2 Å². The summed E-state index contributed by atoms with van der Waals surface area (Å²) < 4.78 is 43.3. The lowest BCUT2D eigenvalue weighted by molar-refractivity contribution is -0.172. The summed E-state index contributed by atoms with van der Waals surface area (Å²) in [5.41, 5.74) is 2.58. The minimum absolute atomic E-state index is 0.0639. The fourth-order valence-corrected chi connectivity index (χ4v) is 4.93. The van der Waals surface area contributed by atoms with Gasteiger partial charge in [-0.25, -0.2) is 9.67 Å². The highest BCUT2D eigenvalue weighted by Crippen LogP contribution is 2.40. The number of halogens is 3. The van der Waals surface area contributed by atoms with Crippen molar-refractivity contribution >= 4 is 34.1 Å². The Morgan fingerprint density at radius 2 is 2.00 bits per heavy atom. The fraction of sp³-hybridized carbons (Fsp3) is 0.333. The molecule has 11 heteroatoms. The van der Waals surface area contributed by atoms with Gasteiger partial charge >= 0.3 is 6.18 Å². The Balaban J connectivity index is 1.67. The van der Waals surface area contributed by atoms with Crippen molar-refractivity contribution < 1.29 is 18.0 Å². The number of hydrogen-bond donors (Lipinski definition) is 0. The van der Waals surface area contributed by atoms with Crippen molar-refractivity contribution in [1.29, 1.82) is 0 Å². The molecule has 0 spiro atoms. The normalized spacial score (nSPS) is 16.6. The molecule has 32 heavy (non-hydrogen) atoms. The molecule has 0 bridgehead atoms. The Morgan fingerprint density at radius 1 is 1.22 bits per heavy atom. The third-order valence-electron chi connectivity index (χ3n) is 5.63. The van der Waals surface area contributed by atoms with Gasteiger partial charge in [0.15, 0.2) is 11.7 Å².